The van der Waals surface area contributed by atoms with Crippen molar-refractivity contribution < 1.29 is 9.90 Å². The summed E-state index contributed by atoms with van der Waals surface area (Å²) in [6, 6.07) is 5.19. The highest BCUT2D eigenvalue weighted by Gasteiger charge is 2.15. The smallest absolute Gasteiger partial charge is 0.319 e. The molecule has 2 amide bonds. The molecule has 2 heterocycles. The number of hydrogen-bond donors (Lipinski definition) is 3. The number of urea groups is 1. The summed E-state index contributed by atoms with van der Waals surface area (Å²) in [7, 11) is 0. The van der Waals surface area contributed by atoms with E-state index in [2.05, 4.69) is 15.6 Å². The first-order valence-electron chi connectivity index (χ1n) is 6.76. The van der Waals surface area contributed by atoms with Gasteiger partial charge in [0.05, 0.1) is 18.0 Å². The van der Waals surface area contributed by atoms with Crippen molar-refractivity contribution in [3.8, 4) is 0 Å². The lowest BCUT2D eigenvalue weighted by Gasteiger charge is -2.18. The molecule has 0 spiro atoms. The molecule has 112 valence electrons. The second-order valence-electron chi connectivity index (χ2n) is 4.96. The molecule has 5 nitrogen and oxygen atoms in total. The van der Waals surface area contributed by atoms with Crippen LogP contribution >= 0.6 is 11.3 Å². The number of anilines is 1. The number of rotatable bonds is 5. The summed E-state index contributed by atoms with van der Waals surface area (Å²) >= 11 is 1.51. The van der Waals surface area contributed by atoms with E-state index < -0.39 is 6.10 Å². The Hall–Kier alpha value is -1.92. The summed E-state index contributed by atoms with van der Waals surface area (Å²) in [6.07, 6.45) is 3.21. The summed E-state index contributed by atoms with van der Waals surface area (Å²) in [6.45, 7) is 3.77. The maximum atomic E-state index is 11.9. The number of amides is 2. The molecule has 6 heteroatoms. The Morgan fingerprint density at radius 3 is 2.95 bits per heavy atom. The number of aliphatic hydroxyl groups is 1. The molecule has 3 N–H and O–H groups in total. The lowest BCUT2D eigenvalue weighted by molar-refractivity contribution is 0.158. The molecule has 21 heavy (non-hydrogen) atoms. The van der Waals surface area contributed by atoms with E-state index in [1.807, 2.05) is 37.4 Å². The molecule has 2 rings (SSSR count). The molecule has 2 aromatic rings. The first-order valence-corrected chi connectivity index (χ1v) is 7.64. The number of aryl methyl sites for hydroxylation is 1. The Bertz CT molecular complexity index is 586. The number of nitrogens with zero attached hydrogens (tertiary/aromatic N) is 1. The van der Waals surface area contributed by atoms with Crippen LogP contribution in [0, 0.1) is 6.92 Å². The van der Waals surface area contributed by atoms with Crippen molar-refractivity contribution in [3.05, 3.63) is 46.4 Å². The van der Waals surface area contributed by atoms with Crippen molar-refractivity contribution in [2.45, 2.75) is 32.4 Å². The predicted octanol–water partition coefficient (Wildman–Crippen LogP) is 3.09. The number of hydrogen-bond acceptors (Lipinski definition) is 4. The van der Waals surface area contributed by atoms with Crippen LogP contribution in [0.5, 0.6) is 0 Å². The van der Waals surface area contributed by atoms with E-state index in [9.17, 15) is 9.90 Å². The van der Waals surface area contributed by atoms with Gasteiger partial charge in [-0.2, -0.15) is 0 Å². The summed E-state index contributed by atoms with van der Waals surface area (Å²) in [4.78, 5) is 16.8. The molecular formula is C15H19N3O2S. The summed E-state index contributed by atoms with van der Waals surface area (Å²) in [5.41, 5.74) is 1.63. The van der Waals surface area contributed by atoms with Crippen LogP contribution < -0.4 is 10.6 Å². The third-order valence-corrected chi connectivity index (χ3v) is 4.09. The largest absolute Gasteiger partial charge is 0.387 e. The average Bonchev–Trinajstić information content (AvgIpc) is 2.95. The van der Waals surface area contributed by atoms with Gasteiger partial charge in [-0.25, -0.2) is 4.79 Å². The molecule has 0 aliphatic heterocycles. The fourth-order valence-electron chi connectivity index (χ4n) is 1.97. The zero-order valence-corrected chi connectivity index (χ0v) is 12.9. The molecule has 0 aliphatic carbocycles. The van der Waals surface area contributed by atoms with Crippen molar-refractivity contribution in [2.24, 2.45) is 0 Å². The molecule has 0 unspecified atom stereocenters. The van der Waals surface area contributed by atoms with E-state index in [-0.39, 0.29) is 12.1 Å². The highest BCUT2D eigenvalue weighted by atomic mass is 32.1. The van der Waals surface area contributed by atoms with Crippen molar-refractivity contribution >= 4 is 23.1 Å². The summed E-state index contributed by atoms with van der Waals surface area (Å²) in [5.74, 6) is 0. The fourth-order valence-corrected chi connectivity index (χ4v) is 2.69. The standard InChI is InChI=1S/C15H19N3O2S/c1-10-5-6-16-9-12(10)18-15(20)17-11(2)8-13(19)14-4-3-7-21-14/h3-7,9,11,13,19H,8H2,1-2H3,(H2,17,18,20)/t11-,13-/m1/s1. The van der Waals surface area contributed by atoms with Gasteiger partial charge in [0.1, 0.15) is 0 Å². The summed E-state index contributed by atoms with van der Waals surface area (Å²) in [5, 5.41) is 17.6. The van der Waals surface area contributed by atoms with Gasteiger partial charge < -0.3 is 15.7 Å². The van der Waals surface area contributed by atoms with Gasteiger partial charge in [0.15, 0.2) is 0 Å². The monoisotopic (exact) mass is 305 g/mol. The SMILES string of the molecule is Cc1ccncc1NC(=O)N[C@H](C)C[C@@H](O)c1cccs1. The lowest BCUT2D eigenvalue weighted by Crippen LogP contribution is -2.37. The Balaban J connectivity index is 1.83. The van der Waals surface area contributed by atoms with Crippen molar-refractivity contribution in [1.29, 1.82) is 0 Å². The highest BCUT2D eigenvalue weighted by molar-refractivity contribution is 7.10. The van der Waals surface area contributed by atoms with Crippen LogP contribution in [-0.4, -0.2) is 22.2 Å². The molecule has 0 saturated carbocycles. The van der Waals surface area contributed by atoms with Gasteiger partial charge in [0, 0.05) is 17.1 Å². The Morgan fingerprint density at radius 1 is 1.48 bits per heavy atom. The lowest BCUT2D eigenvalue weighted by atomic mass is 10.1. The van der Waals surface area contributed by atoms with Crippen molar-refractivity contribution in [1.82, 2.24) is 10.3 Å². The molecule has 2 atom stereocenters. The fraction of sp³-hybridized carbons (Fsp3) is 0.333. The molecule has 0 aliphatic rings. The second kappa shape index (κ2) is 7.19. The minimum absolute atomic E-state index is 0.140. The topological polar surface area (TPSA) is 74.2 Å². The number of aromatic nitrogens is 1. The second-order valence-corrected chi connectivity index (χ2v) is 5.94. The van der Waals surface area contributed by atoms with E-state index in [1.165, 1.54) is 11.3 Å². The molecule has 0 saturated heterocycles. The van der Waals surface area contributed by atoms with E-state index in [0.29, 0.717) is 12.1 Å². The van der Waals surface area contributed by atoms with E-state index in [4.69, 9.17) is 0 Å². The molecule has 0 radical (unpaired) electrons. The Morgan fingerprint density at radius 2 is 2.29 bits per heavy atom. The molecular weight excluding hydrogens is 286 g/mol. The number of pyridine rings is 1. The van der Waals surface area contributed by atoms with E-state index in [1.54, 1.807) is 12.4 Å². The van der Waals surface area contributed by atoms with Gasteiger partial charge in [-0.05, 0) is 43.3 Å². The van der Waals surface area contributed by atoms with Crippen LogP contribution in [-0.2, 0) is 0 Å². The van der Waals surface area contributed by atoms with Crippen molar-refractivity contribution in [3.63, 3.8) is 0 Å². The summed E-state index contributed by atoms with van der Waals surface area (Å²) < 4.78 is 0. The first kappa shape index (κ1) is 15.5. The highest BCUT2D eigenvalue weighted by Crippen LogP contribution is 2.22. The van der Waals surface area contributed by atoms with E-state index >= 15 is 0 Å². The van der Waals surface area contributed by atoms with Gasteiger partial charge in [0.2, 0.25) is 0 Å². The third kappa shape index (κ3) is 4.54. The predicted molar refractivity (Wildman–Crippen MR) is 84.5 cm³/mol. The van der Waals surface area contributed by atoms with Gasteiger partial charge in [-0.3, -0.25) is 4.98 Å². The minimum Gasteiger partial charge on any atom is -0.387 e. The van der Waals surface area contributed by atoms with Gasteiger partial charge in [0.25, 0.3) is 0 Å². The van der Waals surface area contributed by atoms with Crippen LogP contribution in [0.25, 0.3) is 0 Å². The number of carbonyl (C=O) groups excluding carboxylic acids is 1. The maximum Gasteiger partial charge on any atom is 0.319 e. The van der Waals surface area contributed by atoms with Crippen molar-refractivity contribution in [2.75, 3.05) is 5.32 Å². The Labute approximate surface area is 128 Å². The number of aliphatic hydroxyl groups excluding tert-OH is 1. The zero-order chi connectivity index (χ0) is 15.2. The van der Waals surface area contributed by atoms with Crippen LogP contribution in [0.3, 0.4) is 0 Å². The normalized spacial score (nSPS) is 13.5. The van der Waals surface area contributed by atoms with Crippen LogP contribution in [0.4, 0.5) is 10.5 Å². The minimum atomic E-state index is -0.555. The maximum absolute atomic E-state index is 11.9. The van der Waals surface area contributed by atoms with Crippen LogP contribution in [0.2, 0.25) is 0 Å². The van der Waals surface area contributed by atoms with Crippen LogP contribution in [0.1, 0.15) is 29.9 Å². The molecule has 0 aromatic carbocycles. The molecule has 2 aromatic heterocycles. The van der Waals surface area contributed by atoms with E-state index in [0.717, 1.165) is 10.4 Å². The average molecular weight is 305 g/mol. The number of thiophene rings is 1. The van der Waals surface area contributed by atoms with Gasteiger partial charge >= 0.3 is 6.03 Å². The quantitative estimate of drug-likeness (QED) is 0.794. The number of carbonyl (C=O) groups is 1. The van der Waals surface area contributed by atoms with Gasteiger partial charge in [-0.1, -0.05) is 6.07 Å². The zero-order valence-electron chi connectivity index (χ0n) is 12.0. The third-order valence-electron chi connectivity index (χ3n) is 3.11. The first-order chi connectivity index (χ1) is 10.1. The van der Waals surface area contributed by atoms with Gasteiger partial charge in [-0.15, -0.1) is 11.3 Å². The number of nitrogens with one attached hydrogen (secondary N) is 2. The van der Waals surface area contributed by atoms with Crippen LogP contribution in [0.15, 0.2) is 36.0 Å². The molecule has 0 bridgehead atoms. The molecule has 0 fully saturated rings. The Kier molecular flexibility index (Phi) is 5.30.